The monoisotopic (exact) mass is 377 g/mol. The van der Waals surface area contributed by atoms with Crippen molar-refractivity contribution in [2.24, 2.45) is 7.05 Å². The molecule has 0 radical (unpaired) electrons. The molecule has 0 unspecified atom stereocenters. The van der Waals surface area contributed by atoms with E-state index in [9.17, 15) is 4.79 Å². The zero-order valence-corrected chi connectivity index (χ0v) is 16.3. The predicted molar refractivity (Wildman–Crippen MR) is 104 cm³/mol. The van der Waals surface area contributed by atoms with Crippen molar-refractivity contribution in [3.8, 4) is 5.88 Å². The average molecular weight is 377 g/mol. The summed E-state index contributed by atoms with van der Waals surface area (Å²) in [6.07, 6.45) is 2.49. The Kier molecular flexibility index (Phi) is 4.81. The highest BCUT2D eigenvalue weighted by molar-refractivity contribution is 5.92. The second-order valence-electron chi connectivity index (χ2n) is 7.10. The number of carbonyl (C=O) groups is 1. The molecule has 1 amide bonds. The van der Waals surface area contributed by atoms with Gasteiger partial charge in [0.15, 0.2) is 0 Å². The lowest BCUT2D eigenvalue weighted by Crippen LogP contribution is -2.37. The van der Waals surface area contributed by atoms with Gasteiger partial charge in [0.25, 0.3) is 5.91 Å². The van der Waals surface area contributed by atoms with Gasteiger partial charge in [0.05, 0.1) is 0 Å². The van der Waals surface area contributed by atoms with Gasteiger partial charge in [0.1, 0.15) is 18.0 Å². The summed E-state index contributed by atoms with van der Waals surface area (Å²) in [5.41, 5.74) is 5.46. The molecule has 0 spiro atoms. The lowest BCUT2D eigenvalue weighted by molar-refractivity contribution is 0.0726. The van der Waals surface area contributed by atoms with Crippen LogP contribution in [0.5, 0.6) is 5.88 Å². The van der Waals surface area contributed by atoms with Crippen molar-refractivity contribution in [2.75, 3.05) is 6.54 Å². The standard InChI is InChI=1S/C21H23N5O2/c1-14-7-9-22-20(11-14)28-13-18-16-12-26(10-8-19(16)25(3)24-18)21(27)17-6-4-5-15(2)23-17/h4-7,9,11H,8,10,12-13H2,1-3H3. The summed E-state index contributed by atoms with van der Waals surface area (Å²) >= 11 is 0. The number of amides is 1. The third-order valence-electron chi connectivity index (χ3n) is 4.97. The molecule has 7 heteroatoms. The molecule has 4 heterocycles. The van der Waals surface area contributed by atoms with Gasteiger partial charge in [0.2, 0.25) is 5.88 Å². The fourth-order valence-corrected chi connectivity index (χ4v) is 3.51. The first kappa shape index (κ1) is 18.2. The minimum absolute atomic E-state index is 0.0505. The Morgan fingerprint density at radius 1 is 1.25 bits per heavy atom. The summed E-state index contributed by atoms with van der Waals surface area (Å²) in [7, 11) is 1.94. The molecule has 28 heavy (non-hydrogen) atoms. The Balaban J connectivity index is 1.53. The number of aromatic nitrogens is 4. The first-order chi connectivity index (χ1) is 13.5. The molecule has 0 aromatic carbocycles. The van der Waals surface area contributed by atoms with Gasteiger partial charge in [-0.1, -0.05) is 6.07 Å². The van der Waals surface area contributed by atoms with E-state index in [0.717, 1.165) is 34.6 Å². The number of hydrogen-bond donors (Lipinski definition) is 0. The molecule has 0 N–H and O–H groups in total. The maximum absolute atomic E-state index is 12.9. The Labute approximate surface area is 164 Å². The van der Waals surface area contributed by atoms with Crippen LogP contribution >= 0.6 is 0 Å². The first-order valence-electron chi connectivity index (χ1n) is 9.33. The van der Waals surface area contributed by atoms with Gasteiger partial charge in [-0.25, -0.2) is 9.97 Å². The van der Waals surface area contributed by atoms with E-state index in [1.807, 2.05) is 54.7 Å². The molecule has 1 aliphatic rings. The summed E-state index contributed by atoms with van der Waals surface area (Å²) in [6, 6.07) is 9.35. The molecule has 0 atom stereocenters. The van der Waals surface area contributed by atoms with Crippen molar-refractivity contribution < 1.29 is 9.53 Å². The summed E-state index contributed by atoms with van der Waals surface area (Å²) in [5.74, 6) is 0.525. The van der Waals surface area contributed by atoms with Crippen LogP contribution in [-0.2, 0) is 26.6 Å². The highest BCUT2D eigenvalue weighted by Gasteiger charge is 2.28. The molecular formula is C21H23N5O2. The van der Waals surface area contributed by atoms with Gasteiger partial charge in [-0.15, -0.1) is 0 Å². The minimum Gasteiger partial charge on any atom is -0.471 e. The van der Waals surface area contributed by atoms with Crippen molar-refractivity contribution in [3.63, 3.8) is 0 Å². The number of nitrogens with zero attached hydrogens (tertiary/aromatic N) is 5. The van der Waals surface area contributed by atoms with E-state index in [-0.39, 0.29) is 5.91 Å². The normalized spacial score (nSPS) is 13.3. The van der Waals surface area contributed by atoms with Gasteiger partial charge in [-0.2, -0.15) is 5.10 Å². The van der Waals surface area contributed by atoms with Gasteiger partial charge < -0.3 is 9.64 Å². The molecule has 0 saturated heterocycles. The molecule has 144 valence electrons. The fraction of sp³-hybridized carbons (Fsp3) is 0.333. The molecule has 0 fully saturated rings. The summed E-state index contributed by atoms with van der Waals surface area (Å²) in [6.45, 7) is 5.38. The van der Waals surface area contributed by atoms with Crippen LogP contribution in [0, 0.1) is 13.8 Å². The predicted octanol–water partition coefficient (Wildman–Crippen LogP) is 2.60. The van der Waals surface area contributed by atoms with Crippen LogP contribution in [0.1, 0.15) is 38.7 Å². The lowest BCUT2D eigenvalue weighted by atomic mass is 10.0. The van der Waals surface area contributed by atoms with Gasteiger partial charge in [0, 0.05) is 55.8 Å². The maximum atomic E-state index is 12.9. The molecule has 3 aromatic heterocycles. The Morgan fingerprint density at radius 3 is 2.89 bits per heavy atom. The quantitative estimate of drug-likeness (QED) is 0.699. The van der Waals surface area contributed by atoms with E-state index in [2.05, 4.69) is 15.1 Å². The molecular weight excluding hydrogens is 354 g/mol. The number of aryl methyl sites for hydroxylation is 3. The topological polar surface area (TPSA) is 73.1 Å². The van der Waals surface area contributed by atoms with E-state index in [1.54, 1.807) is 12.3 Å². The van der Waals surface area contributed by atoms with Crippen LogP contribution in [-0.4, -0.2) is 37.1 Å². The second-order valence-corrected chi connectivity index (χ2v) is 7.10. The number of hydrogen-bond acceptors (Lipinski definition) is 5. The highest BCUT2D eigenvalue weighted by Crippen LogP contribution is 2.24. The van der Waals surface area contributed by atoms with Crippen molar-refractivity contribution in [1.29, 1.82) is 0 Å². The number of carbonyl (C=O) groups excluding carboxylic acids is 1. The van der Waals surface area contributed by atoms with Gasteiger partial charge >= 0.3 is 0 Å². The highest BCUT2D eigenvalue weighted by atomic mass is 16.5. The van der Waals surface area contributed by atoms with Crippen LogP contribution < -0.4 is 4.74 Å². The Bertz CT molecular complexity index is 1030. The summed E-state index contributed by atoms with van der Waals surface area (Å²) in [4.78, 5) is 23.3. The van der Waals surface area contributed by atoms with Crippen LogP contribution in [0.2, 0.25) is 0 Å². The molecule has 1 aliphatic heterocycles. The van der Waals surface area contributed by atoms with E-state index < -0.39 is 0 Å². The lowest BCUT2D eigenvalue weighted by Gasteiger charge is -2.27. The zero-order valence-electron chi connectivity index (χ0n) is 16.3. The Morgan fingerprint density at radius 2 is 2.11 bits per heavy atom. The number of fused-ring (bicyclic) bond motifs is 1. The van der Waals surface area contributed by atoms with E-state index in [1.165, 1.54) is 0 Å². The third kappa shape index (κ3) is 3.60. The first-order valence-corrected chi connectivity index (χ1v) is 9.33. The number of pyridine rings is 2. The van der Waals surface area contributed by atoms with Crippen LogP contribution in [0.3, 0.4) is 0 Å². The molecule has 0 saturated carbocycles. The summed E-state index contributed by atoms with van der Waals surface area (Å²) in [5, 5.41) is 4.62. The van der Waals surface area contributed by atoms with Crippen LogP contribution in [0.15, 0.2) is 36.5 Å². The van der Waals surface area contributed by atoms with E-state index in [0.29, 0.717) is 31.3 Å². The molecule has 7 nitrogen and oxygen atoms in total. The van der Waals surface area contributed by atoms with Crippen LogP contribution in [0.25, 0.3) is 0 Å². The molecule has 4 rings (SSSR count). The van der Waals surface area contributed by atoms with Gasteiger partial charge in [-0.05, 0) is 37.6 Å². The van der Waals surface area contributed by atoms with Crippen molar-refractivity contribution in [2.45, 2.75) is 33.4 Å². The largest absolute Gasteiger partial charge is 0.471 e. The second kappa shape index (κ2) is 7.42. The van der Waals surface area contributed by atoms with Crippen molar-refractivity contribution in [1.82, 2.24) is 24.6 Å². The SMILES string of the molecule is Cc1ccnc(OCc2nn(C)c3c2CN(C(=O)c2cccc(C)n2)CC3)c1. The number of rotatable bonds is 4. The van der Waals surface area contributed by atoms with E-state index >= 15 is 0 Å². The smallest absolute Gasteiger partial charge is 0.272 e. The minimum atomic E-state index is -0.0505. The maximum Gasteiger partial charge on any atom is 0.272 e. The van der Waals surface area contributed by atoms with Gasteiger partial charge in [-0.3, -0.25) is 9.48 Å². The van der Waals surface area contributed by atoms with E-state index in [4.69, 9.17) is 4.74 Å². The molecule has 0 bridgehead atoms. The third-order valence-corrected chi connectivity index (χ3v) is 4.97. The zero-order chi connectivity index (χ0) is 19.7. The van der Waals surface area contributed by atoms with Crippen LogP contribution in [0.4, 0.5) is 0 Å². The Hall–Kier alpha value is -3.22. The number of ether oxygens (including phenoxy) is 1. The fourth-order valence-electron chi connectivity index (χ4n) is 3.51. The van der Waals surface area contributed by atoms with Crippen molar-refractivity contribution >= 4 is 5.91 Å². The average Bonchev–Trinajstić information content (AvgIpc) is 3.01. The van der Waals surface area contributed by atoms with Crippen molar-refractivity contribution in [3.05, 3.63) is 70.4 Å². The molecule has 0 aliphatic carbocycles. The summed E-state index contributed by atoms with van der Waals surface area (Å²) < 4.78 is 7.74. The molecule has 3 aromatic rings.